The van der Waals surface area contributed by atoms with Crippen LogP contribution < -0.4 is 5.32 Å². The summed E-state index contributed by atoms with van der Waals surface area (Å²) < 4.78 is 0. The summed E-state index contributed by atoms with van der Waals surface area (Å²) in [5, 5.41) is 2.24. The van der Waals surface area contributed by atoms with Crippen molar-refractivity contribution in [2.45, 2.75) is 0 Å². The molecule has 1 aromatic carbocycles. The number of aldehydes is 1. The molecule has 0 bridgehead atoms. The lowest BCUT2D eigenvalue weighted by molar-refractivity contribution is 0.0978. The van der Waals surface area contributed by atoms with Crippen LogP contribution in [0.3, 0.4) is 0 Å². The molecule has 4 heteroatoms. The Balaban J connectivity index is 2.85. The summed E-state index contributed by atoms with van der Waals surface area (Å²) in [5.74, 6) is -0.326. The van der Waals surface area contributed by atoms with E-state index in [1.807, 2.05) is 0 Å². The summed E-state index contributed by atoms with van der Waals surface area (Å²) >= 11 is 4.34. The van der Waals surface area contributed by atoms with Crippen molar-refractivity contribution in [2.24, 2.45) is 0 Å². The molecule has 0 unspecified atom stereocenters. The molecule has 1 radical (unpaired) electrons. The maximum absolute atomic E-state index is 11.1. The fourth-order valence-corrected chi connectivity index (χ4v) is 0.924. The van der Waals surface area contributed by atoms with Crippen LogP contribution in [0.25, 0.3) is 0 Å². The predicted octanol–water partition coefficient (Wildman–Crippen LogP) is 1.06. The molecule has 0 aromatic heterocycles. The molecule has 0 aliphatic carbocycles. The van der Waals surface area contributed by atoms with Crippen molar-refractivity contribution < 1.29 is 9.59 Å². The van der Waals surface area contributed by atoms with Crippen molar-refractivity contribution >= 4 is 29.9 Å². The second kappa shape index (κ2) is 4.47. The number of benzene rings is 1. The standard InChI is InChI=1S/C9H6NO2S/c11-5-7-1-3-8(4-2-7)9(12)10-6-13/h1-5H,(H,10,12,13). The Morgan fingerprint density at radius 3 is 2.46 bits per heavy atom. The molecule has 0 saturated heterocycles. The predicted molar refractivity (Wildman–Crippen MR) is 51.9 cm³/mol. The highest BCUT2D eigenvalue weighted by molar-refractivity contribution is 7.78. The Bertz CT molecular complexity index is 332. The lowest BCUT2D eigenvalue weighted by atomic mass is 10.1. The van der Waals surface area contributed by atoms with Crippen LogP contribution in [0.15, 0.2) is 24.3 Å². The molecule has 65 valence electrons. The first-order valence-corrected chi connectivity index (χ1v) is 3.91. The van der Waals surface area contributed by atoms with Gasteiger partial charge < -0.3 is 5.32 Å². The second-order valence-corrected chi connectivity index (χ2v) is 2.50. The summed E-state index contributed by atoms with van der Waals surface area (Å²) in [7, 11) is 0. The molecule has 0 aliphatic heterocycles. The number of hydrogen-bond acceptors (Lipinski definition) is 3. The van der Waals surface area contributed by atoms with Crippen LogP contribution in [-0.2, 0) is 0 Å². The Morgan fingerprint density at radius 1 is 1.38 bits per heavy atom. The van der Waals surface area contributed by atoms with Crippen molar-refractivity contribution in [3.8, 4) is 0 Å². The van der Waals surface area contributed by atoms with Crippen molar-refractivity contribution in [3.63, 3.8) is 0 Å². The minimum atomic E-state index is -0.326. The molecular formula is C9H6NO2S. The quantitative estimate of drug-likeness (QED) is 0.442. The number of carbonyl (C=O) groups is 2. The van der Waals surface area contributed by atoms with Crippen LogP contribution in [0.2, 0.25) is 0 Å². The van der Waals surface area contributed by atoms with Gasteiger partial charge in [-0.15, -0.1) is 0 Å². The molecule has 0 heterocycles. The van der Waals surface area contributed by atoms with E-state index in [2.05, 4.69) is 23.0 Å². The van der Waals surface area contributed by atoms with Crippen LogP contribution in [-0.4, -0.2) is 17.7 Å². The number of nitrogens with one attached hydrogen (secondary N) is 1. The fraction of sp³-hybridized carbons (Fsp3) is 0. The topological polar surface area (TPSA) is 46.2 Å². The van der Waals surface area contributed by atoms with Crippen molar-refractivity contribution in [3.05, 3.63) is 35.4 Å². The zero-order chi connectivity index (χ0) is 9.68. The average Bonchev–Trinajstić information content (AvgIpc) is 2.18. The summed E-state index contributed by atoms with van der Waals surface area (Å²) in [4.78, 5) is 21.4. The van der Waals surface area contributed by atoms with Gasteiger partial charge in [-0.05, 0) is 12.1 Å². The summed E-state index contributed by atoms with van der Waals surface area (Å²) in [6.07, 6.45) is 0.715. The van der Waals surface area contributed by atoms with E-state index in [0.29, 0.717) is 17.4 Å². The molecule has 0 aliphatic rings. The highest BCUT2D eigenvalue weighted by atomic mass is 32.1. The third kappa shape index (κ3) is 2.45. The Labute approximate surface area is 80.8 Å². The van der Waals surface area contributed by atoms with Gasteiger partial charge in [0.25, 0.3) is 5.91 Å². The molecule has 1 aromatic rings. The molecule has 3 nitrogen and oxygen atoms in total. The third-order valence-corrected chi connectivity index (χ3v) is 1.58. The van der Waals surface area contributed by atoms with Gasteiger partial charge in [-0.25, -0.2) is 0 Å². The first-order valence-electron chi connectivity index (χ1n) is 3.50. The van der Waals surface area contributed by atoms with E-state index >= 15 is 0 Å². The maximum Gasteiger partial charge on any atom is 0.256 e. The molecule has 13 heavy (non-hydrogen) atoms. The fourth-order valence-electron chi connectivity index (χ4n) is 0.832. The average molecular weight is 192 g/mol. The monoisotopic (exact) mass is 192 g/mol. The Morgan fingerprint density at radius 2 is 2.00 bits per heavy atom. The second-order valence-electron chi connectivity index (χ2n) is 2.30. The highest BCUT2D eigenvalue weighted by Gasteiger charge is 2.02. The van der Waals surface area contributed by atoms with E-state index in [-0.39, 0.29) is 5.91 Å². The molecule has 1 rings (SSSR count). The largest absolute Gasteiger partial charge is 0.310 e. The minimum absolute atomic E-state index is 0.326. The molecule has 0 saturated carbocycles. The highest BCUT2D eigenvalue weighted by Crippen LogP contribution is 2.01. The van der Waals surface area contributed by atoms with Gasteiger partial charge >= 0.3 is 0 Å². The van der Waals surface area contributed by atoms with E-state index in [9.17, 15) is 9.59 Å². The van der Waals surface area contributed by atoms with Crippen LogP contribution in [0.1, 0.15) is 20.7 Å². The number of rotatable bonds is 3. The number of amides is 1. The molecule has 0 spiro atoms. The zero-order valence-corrected chi connectivity index (χ0v) is 7.43. The van der Waals surface area contributed by atoms with E-state index in [1.54, 1.807) is 24.3 Å². The van der Waals surface area contributed by atoms with Crippen molar-refractivity contribution in [2.75, 3.05) is 0 Å². The normalized spacial score (nSPS) is 8.92. The number of hydrogen-bond donors (Lipinski definition) is 1. The van der Waals surface area contributed by atoms with Crippen molar-refractivity contribution in [1.29, 1.82) is 0 Å². The first-order chi connectivity index (χ1) is 6.27. The molecule has 0 fully saturated rings. The van der Waals surface area contributed by atoms with Crippen LogP contribution in [0.5, 0.6) is 0 Å². The third-order valence-electron chi connectivity index (χ3n) is 1.47. The van der Waals surface area contributed by atoms with E-state index in [4.69, 9.17) is 0 Å². The Hall–Kier alpha value is -1.55. The zero-order valence-electron chi connectivity index (χ0n) is 6.61. The van der Waals surface area contributed by atoms with Gasteiger partial charge in [0, 0.05) is 11.1 Å². The van der Waals surface area contributed by atoms with Crippen LogP contribution in [0, 0.1) is 0 Å². The van der Waals surface area contributed by atoms with Crippen molar-refractivity contribution in [1.82, 2.24) is 5.32 Å². The maximum atomic E-state index is 11.1. The van der Waals surface area contributed by atoms with Gasteiger partial charge in [0.05, 0.1) is 0 Å². The number of thiocarbonyl (C=S) groups is 1. The van der Waals surface area contributed by atoms with Crippen LogP contribution in [0.4, 0.5) is 0 Å². The smallest absolute Gasteiger partial charge is 0.256 e. The van der Waals surface area contributed by atoms with Gasteiger partial charge in [0.2, 0.25) is 0 Å². The van der Waals surface area contributed by atoms with Crippen LogP contribution >= 0.6 is 12.2 Å². The van der Waals surface area contributed by atoms with Gasteiger partial charge in [-0.2, -0.15) is 0 Å². The summed E-state index contributed by atoms with van der Waals surface area (Å²) in [5.41, 5.74) is 3.09. The summed E-state index contributed by atoms with van der Waals surface area (Å²) in [6, 6.07) is 6.22. The van der Waals surface area contributed by atoms with Gasteiger partial charge in [0.1, 0.15) is 11.8 Å². The molecule has 0 atom stereocenters. The molecular weight excluding hydrogens is 186 g/mol. The molecule has 1 N–H and O–H groups in total. The van der Waals surface area contributed by atoms with E-state index in [0.717, 1.165) is 0 Å². The lowest BCUT2D eigenvalue weighted by Crippen LogP contribution is -2.20. The SMILES string of the molecule is O=Cc1ccc(C(=O)N[C]=S)cc1. The lowest BCUT2D eigenvalue weighted by Gasteiger charge is -1.97. The van der Waals surface area contributed by atoms with E-state index in [1.165, 1.54) is 0 Å². The summed E-state index contributed by atoms with van der Waals surface area (Å²) in [6.45, 7) is 0. The van der Waals surface area contributed by atoms with Gasteiger partial charge in [-0.1, -0.05) is 24.4 Å². The Kier molecular flexibility index (Phi) is 3.28. The minimum Gasteiger partial charge on any atom is -0.310 e. The van der Waals surface area contributed by atoms with E-state index < -0.39 is 0 Å². The van der Waals surface area contributed by atoms with Gasteiger partial charge in [0.15, 0.2) is 0 Å². The van der Waals surface area contributed by atoms with Gasteiger partial charge in [-0.3, -0.25) is 9.59 Å². The first kappa shape index (κ1) is 9.54. The molecule has 1 amide bonds. The number of carbonyl (C=O) groups excluding carboxylic acids is 2.